The lowest BCUT2D eigenvalue weighted by atomic mass is 9.89. The smallest absolute Gasteiger partial charge is 0.0395 e. The van der Waals surface area contributed by atoms with Crippen LogP contribution in [0.3, 0.4) is 0 Å². The van der Waals surface area contributed by atoms with Crippen molar-refractivity contribution in [2.45, 2.75) is 32.7 Å². The van der Waals surface area contributed by atoms with Gasteiger partial charge in [-0.25, -0.2) is 0 Å². The molecule has 0 radical (unpaired) electrons. The zero-order valence-corrected chi connectivity index (χ0v) is 12.3. The van der Waals surface area contributed by atoms with Gasteiger partial charge in [0.1, 0.15) is 0 Å². The summed E-state index contributed by atoms with van der Waals surface area (Å²) in [7, 11) is 2.05. The summed E-state index contributed by atoms with van der Waals surface area (Å²) in [4.78, 5) is 2.82. The van der Waals surface area contributed by atoms with Crippen LogP contribution in [0.15, 0.2) is 36.4 Å². The van der Waals surface area contributed by atoms with Gasteiger partial charge in [-0.15, -0.1) is 11.3 Å². The van der Waals surface area contributed by atoms with Crippen molar-refractivity contribution in [2.75, 3.05) is 7.05 Å². The molecule has 2 rings (SSSR count). The molecule has 1 N–H and O–H groups in total. The molecule has 0 saturated carbocycles. The highest BCUT2D eigenvalue weighted by atomic mass is 32.1. The van der Waals surface area contributed by atoms with Gasteiger partial charge in [0.25, 0.3) is 0 Å². The molecular formula is C16H21NS. The number of hydrogen-bond acceptors (Lipinski definition) is 2. The quantitative estimate of drug-likeness (QED) is 0.856. The van der Waals surface area contributed by atoms with E-state index in [1.54, 1.807) is 0 Å². The second-order valence-electron chi connectivity index (χ2n) is 4.83. The summed E-state index contributed by atoms with van der Waals surface area (Å²) in [6.45, 7) is 6.69. The Morgan fingerprint density at radius 2 is 1.78 bits per heavy atom. The van der Waals surface area contributed by atoms with E-state index in [0.29, 0.717) is 12.0 Å². The highest BCUT2D eigenvalue weighted by Crippen LogP contribution is 2.35. The normalized spacial score (nSPS) is 14.4. The van der Waals surface area contributed by atoms with Crippen LogP contribution in [0, 0.1) is 13.8 Å². The van der Waals surface area contributed by atoms with Crippen molar-refractivity contribution in [3.63, 3.8) is 0 Å². The molecule has 18 heavy (non-hydrogen) atoms. The van der Waals surface area contributed by atoms with E-state index in [4.69, 9.17) is 0 Å². The first-order chi connectivity index (χ1) is 8.63. The third-order valence-corrected chi connectivity index (χ3v) is 4.53. The number of hydrogen-bond donors (Lipinski definition) is 1. The molecule has 2 heteroatoms. The maximum absolute atomic E-state index is 3.48. The summed E-state index contributed by atoms with van der Waals surface area (Å²) < 4.78 is 0. The highest BCUT2D eigenvalue weighted by molar-refractivity contribution is 7.12. The topological polar surface area (TPSA) is 12.0 Å². The summed E-state index contributed by atoms with van der Waals surface area (Å²) in [5, 5.41) is 3.48. The van der Waals surface area contributed by atoms with Crippen molar-refractivity contribution in [2.24, 2.45) is 0 Å². The van der Waals surface area contributed by atoms with E-state index < -0.39 is 0 Å². The number of thiophene rings is 1. The van der Waals surface area contributed by atoms with Crippen LogP contribution in [0.1, 0.15) is 39.8 Å². The van der Waals surface area contributed by atoms with Gasteiger partial charge >= 0.3 is 0 Å². The first-order valence-electron chi connectivity index (χ1n) is 6.42. The second-order valence-corrected chi connectivity index (χ2v) is 6.29. The van der Waals surface area contributed by atoms with E-state index in [0.717, 1.165) is 0 Å². The Labute approximate surface area is 114 Å². The molecule has 1 heterocycles. The molecule has 2 unspecified atom stereocenters. The molecule has 0 aliphatic heterocycles. The third kappa shape index (κ3) is 2.65. The molecule has 0 bridgehead atoms. The second kappa shape index (κ2) is 5.68. The molecule has 2 aromatic rings. The number of likely N-dealkylation sites (N-methyl/N-ethyl adjacent to an activating group) is 1. The summed E-state index contributed by atoms with van der Waals surface area (Å²) in [6, 6.07) is 13.4. The predicted molar refractivity (Wildman–Crippen MR) is 80.5 cm³/mol. The summed E-state index contributed by atoms with van der Waals surface area (Å²) >= 11 is 1.89. The first kappa shape index (κ1) is 13.3. The van der Waals surface area contributed by atoms with Gasteiger partial charge in [-0.3, -0.25) is 0 Å². The Kier molecular flexibility index (Phi) is 4.20. The van der Waals surface area contributed by atoms with Crippen LogP contribution in [-0.4, -0.2) is 7.05 Å². The van der Waals surface area contributed by atoms with E-state index in [1.165, 1.54) is 20.9 Å². The van der Waals surface area contributed by atoms with Gasteiger partial charge in [0, 0.05) is 21.7 Å². The Morgan fingerprint density at radius 1 is 1.11 bits per heavy atom. The maximum Gasteiger partial charge on any atom is 0.0395 e. The highest BCUT2D eigenvalue weighted by Gasteiger charge is 2.21. The van der Waals surface area contributed by atoms with Crippen LogP contribution in [-0.2, 0) is 0 Å². The fourth-order valence-corrected chi connectivity index (χ4v) is 3.56. The fraction of sp³-hybridized carbons (Fsp3) is 0.375. The van der Waals surface area contributed by atoms with Crippen LogP contribution in [0.25, 0.3) is 0 Å². The van der Waals surface area contributed by atoms with Crippen molar-refractivity contribution >= 4 is 11.3 Å². The Morgan fingerprint density at radius 3 is 2.28 bits per heavy atom. The fourth-order valence-electron chi connectivity index (χ4n) is 2.58. The number of nitrogens with one attached hydrogen (secondary N) is 1. The molecule has 0 aliphatic rings. The number of aryl methyl sites for hydroxylation is 2. The number of rotatable bonds is 4. The average Bonchev–Trinajstić information content (AvgIpc) is 2.70. The van der Waals surface area contributed by atoms with Crippen LogP contribution >= 0.6 is 11.3 Å². The minimum atomic E-state index is 0.386. The van der Waals surface area contributed by atoms with Crippen molar-refractivity contribution in [3.05, 3.63) is 57.3 Å². The van der Waals surface area contributed by atoms with Gasteiger partial charge in [-0.05, 0) is 38.1 Å². The van der Waals surface area contributed by atoms with Crippen molar-refractivity contribution in [1.29, 1.82) is 0 Å². The van der Waals surface area contributed by atoms with E-state index in [9.17, 15) is 0 Å². The van der Waals surface area contributed by atoms with Crippen molar-refractivity contribution < 1.29 is 0 Å². The summed E-state index contributed by atoms with van der Waals surface area (Å²) in [5.41, 5.74) is 2.83. The van der Waals surface area contributed by atoms with Crippen LogP contribution in [0.2, 0.25) is 0 Å². The predicted octanol–water partition coefficient (Wildman–Crippen LogP) is 4.43. The SMILES string of the molecule is CNC(c1cc(C)sc1C)C(C)c1ccccc1. The third-order valence-electron chi connectivity index (χ3n) is 3.55. The van der Waals surface area contributed by atoms with E-state index in [2.05, 4.69) is 69.5 Å². The molecule has 2 atom stereocenters. The molecule has 1 aromatic carbocycles. The van der Waals surface area contributed by atoms with Gasteiger partial charge in [0.2, 0.25) is 0 Å². The van der Waals surface area contributed by atoms with Crippen LogP contribution in [0.5, 0.6) is 0 Å². The molecule has 0 spiro atoms. The molecule has 0 amide bonds. The summed E-state index contributed by atoms with van der Waals surface area (Å²) in [6.07, 6.45) is 0. The van der Waals surface area contributed by atoms with E-state index in [1.807, 2.05) is 11.3 Å². The average molecular weight is 259 g/mol. The van der Waals surface area contributed by atoms with Gasteiger partial charge in [-0.1, -0.05) is 37.3 Å². The van der Waals surface area contributed by atoms with Crippen LogP contribution < -0.4 is 5.32 Å². The maximum atomic E-state index is 3.48. The van der Waals surface area contributed by atoms with Gasteiger partial charge in [0.15, 0.2) is 0 Å². The van der Waals surface area contributed by atoms with Crippen LogP contribution in [0.4, 0.5) is 0 Å². The van der Waals surface area contributed by atoms with Gasteiger partial charge in [0.05, 0.1) is 0 Å². The summed E-state index contributed by atoms with van der Waals surface area (Å²) in [5.74, 6) is 0.476. The Hall–Kier alpha value is -1.12. The van der Waals surface area contributed by atoms with Gasteiger partial charge in [-0.2, -0.15) is 0 Å². The molecule has 0 saturated heterocycles. The lowest BCUT2D eigenvalue weighted by Crippen LogP contribution is -2.22. The lowest BCUT2D eigenvalue weighted by molar-refractivity contribution is 0.507. The molecule has 0 aliphatic carbocycles. The Bertz CT molecular complexity index is 501. The van der Waals surface area contributed by atoms with E-state index in [-0.39, 0.29) is 0 Å². The molecule has 1 aromatic heterocycles. The van der Waals surface area contributed by atoms with Gasteiger partial charge < -0.3 is 5.32 Å². The van der Waals surface area contributed by atoms with Crippen molar-refractivity contribution in [3.8, 4) is 0 Å². The van der Waals surface area contributed by atoms with Crippen molar-refractivity contribution in [1.82, 2.24) is 5.32 Å². The zero-order valence-electron chi connectivity index (χ0n) is 11.5. The lowest BCUT2D eigenvalue weighted by Gasteiger charge is -2.24. The standard InChI is InChI=1S/C16H21NS/c1-11-10-15(13(3)18-11)16(17-4)12(2)14-8-6-5-7-9-14/h5-10,12,16-17H,1-4H3. The first-order valence-corrected chi connectivity index (χ1v) is 7.24. The minimum absolute atomic E-state index is 0.386. The Balaban J connectivity index is 2.32. The molecule has 0 fully saturated rings. The largest absolute Gasteiger partial charge is 0.312 e. The monoisotopic (exact) mass is 259 g/mol. The minimum Gasteiger partial charge on any atom is -0.312 e. The molecule has 1 nitrogen and oxygen atoms in total. The molecular weight excluding hydrogens is 238 g/mol. The molecule has 96 valence electrons. The van der Waals surface area contributed by atoms with E-state index >= 15 is 0 Å². The zero-order chi connectivity index (χ0) is 13.1. The number of benzene rings is 1.